The number of nitrogens with one attached hydrogen (secondary N) is 1. The van der Waals surface area contributed by atoms with Crippen LogP contribution in [-0.2, 0) is 11.3 Å². The van der Waals surface area contributed by atoms with Crippen molar-refractivity contribution >= 4 is 28.5 Å². The summed E-state index contributed by atoms with van der Waals surface area (Å²) in [4.78, 5) is 45.0. The van der Waals surface area contributed by atoms with Crippen molar-refractivity contribution in [3.63, 3.8) is 0 Å². The van der Waals surface area contributed by atoms with E-state index in [-0.39, 0.29) is 29.4 Å². The monoisotopic (exact) mass is 418 g/mol. The number of aryl methyl sites for hydroxylation is 3. The summed E-state index contributed by atoms with van der Waals surface area (Å²) in [6.07, 6.45) is 3.36. The molecule has 1 N–H and O–H groups in total. The fraction of sp³-hybridized carbons (Fsp3) is 0.333. The number of carbonyl (C=O) groups excluding carboxylic acids is 2. The highest BCUT2D eigenvalue weighted by molar-refractivity contribution is 5.98. The molecule has 160 valence electrons. The first-order chi connectivity index (χ1) is 14.8. The molecule has 31 heavy (non-hydrogen) atoms. The van der Waals surface area contributed by atoms with Crippen LogP contribution in [-0.4, -0.2) is 39.4 Å². The third-order valence-electron chi connectivity index (χ3n) is 5.65. The van der Waals surface area contributed by atoms with Crippen LogP contribution in [0.5, 0.6) is 0 Å². The topological polar surface area (TPSA) is 84.3 Å². The highest BCUT2D eigenvalue weighted by atomic mass is 16.2. The molecule has 0 radical (unpaired) electrons. The Labute approximate surface area is 180 Å². The zero-order valence-electron chi connectivity index (χ0n) is 18.1. The van der Waals surface area contributed by atoms with E-state index < -0.39 is 0 Å². The number of fused-ring (bicyclic) bond motifs is 1. The van der Waals surface area contributed by atoms with Crippen LogP contribution in [0.25, 0.3) is 11.0 Å². The van der Waals surface area contributed by atoms with E-state index in [4.69, 9.17) is 0 Å². The van der Waals surface area contributed by atoms with Crippen molar-refractivity contribution in [1.29, 1.82) is 0 Å². The van der Waals surface area contributed by atoms with Crippen LogP contribution in [0.3, 0.4) is 0 Å². The molecule has 2 aromatic heterocycles. The van der Waals surface area contributed by atoms with E-state index in [1.54, 1.807) is 21.6 Å². The van der Waals surface area contributed by atoms with Gasteiger partial charge in [-0.25, -0.2) is 4.98 Å². The summed E-state index contributed by atoms with van der Waals surface area (Å²) < 4.78 is 1.60. The second kappa shape index (κ2) is 8.34. The molecule has 2 amide bonds. The highest BCUT2D eigenvalue weighted by Crippen LogP contribution is 2.18. The number of benzene rings is 1. The van der Waals surface area contributed by atoms with E-state index in [0.717, 1.165) is 35.3 Å². The Kier molecular flexibility index (Phi) is 5.59. The van der Waals surface area contributed by atoms with Crippen LogP contribution in [0.2, 0.25) is 0 Å². The van der Waals surface area contributed by atoms with E-state index in [1.165, 1.54) is 6.20 Å². The molecule has 1 saturated heterocycles. The molecule has 0 atom stereocenters. The van der Waals surface area contributed by atoms with Crippen molar-refractivity contribution in [2.45, 2.75) is 40.2 Å². The maximum atomic E-state index is 13.0. The van der Waals surface area contributed by atoms with E-state index in [9.17, 15) is 14.4 Å². The quantitative estimate of drug-likeness (QED) is 0.705. The van der Waals surface area contributed by atoms with Gasteiger partial charge in [-0.2, -0.15) is 0 Å². The Morgan fingerprint density at radius 2 is 1.81 bits per heavy atom. The summed E-state index contributed by atoms with van der Waals surface area (Å²) in [6, 6.07) is 9.24. The third-order valence-corrected chi connectivity index (χ3v) is 5.65. The van der Waals surface area contributed by atoms with E-state index in [0.29, 0.717) is 24.1 Å². The Balaban J connectivity index is 1.72. The zero-order valence-corrected chi connectivity index (χ0v) is 18.1. The van der Waals surface area contributed by atoms with Gasteiger partial charge in [0.1, 0.15) is 17.8 Å². The summed E-state index contributed by atoms with van der Waals surface area (Å²) >= 11 is 0. The number of rotatable bonds is 4. The van der Waals surface area contributed by atoms with Gasteiger partial charge >= 0.3 is 0 Å². The Morgan fingerprint density at radius 3 is 2.52 bits per heavy atom. The van der Waals surface area contributed by atoms with Gasteiger partial charge in [-0.1, -0.05) is 17.7 Å². The lowest BCUT2D eigenvalue weighted by Gasteiger charge is -2.17. The first-order valence-corrected chi connectivity index (χ1v) is 10.5. The first kappa shape index (κ1) is 20.8. The van der Waals surface area contributed by atoms with Crippen LogP contribution < -0.4 is 10.7 Å². The molecule has 0 saturated carbocycles. The fourth-order valence-electron chi connectivity index (χ4n) is 4.02. The number of aromatic nitrogens is 2. The molecule has 3 aromatic rings. The van der Waals surface area contributed by atoms with Crippen LogP contribution in [0.1, 0.15) is 40.0 Å². The molecular formula is C24H26N4O3. The standard InChI is InChI=1S/C24H26N4O3/c1-15-6-9-20(16(2)12-15)26-21(29)14-28-13-19(24(31)27-10-4-5-11-27)22(30)18-8-7-17(3)25-23(18)28/h6-9,12-13H,4-5,10-11,14H2,1-3H3,(H,26,29). The summed E-state index contributed by atoms with van der Waals surface area (Å²) in [5, 5.41) is 3.27. The Hall–Kier alpha value is -3.48. The molecule has 0 unspecified atom stereocenters. The molecule has 0 bridgehead atoms. The van der Waals surface area contributed by atoms with Crippen molar-refractivity contribution in [2.24, 2.45) is 0 Å². The van der Waals surface area contributed by atoms with Crippen LogP contribution in [0.15, 0.2) is 41.3 Å². The number of hydrogen-bond acceptors (Lipinski definition) is 4. The summed E-state index contributed by atoms with van der Waals surface area (Å²) in [5.74, 6) is -0.534. The molecule has 7 nitrogen and oxygen atoms in total. The Bertz CT molecular complexity index is 1240. The largest absolute Gasteiger partial charge is 0.338 e. The molecule has 1 aliphatic rings. The van der Waals surface area contributed by atoms with E-state index >= 15 is 0 Å². The van der Waals surface area contributed by atoms with Crippen molar-refractivity contribution < 1.29 is 9.59 Å². The predicted octanol–water partition coefficient (Wildman–Crippen LogP) is 3.20. The molecule has 3 heterocycles. The van der Waals surface area contributed by atoms with Gasteiger partial charge in [-0.15, -0.1) is 0 Å². The van der Waals surface area contributed by atoms with Gasteiger partial charge in [-0.05, 0) is 57.4 Å². The van der Waals surface area contributed by atoms with Gasteiger partial charge < -0.3 is 14.8 Å². The first-order valence-electron chi connectivity index (χ1n) is 10.5. The van der Waals surface area contributed by atoms with Gasteiger partial charge in [-0.3, -0.25) is 14.4 Å². The zero-order chi connectivity index (χ0) is 22.1. The Morgan fingerprint density at radius 1 is 1.06 bits per heavy atom. The average Bonchev–Trinajstić information content (AvgIpc) is 3.26. The number of amides is 2. The minimum atomic E-state index is -0.342. The predicted molar refractivity (Wildman–Crippen MR) is 120 cm³/mol. The van der Waals surface area contributed by atoms with Crippen LogP contribution in [0.4, 0.5) is 5.69 Å². The number of pyridine rings is 2. The second-order valence-corrected chi connectivity index (χ2v) is 8.19. The normalized spacial score (nSPS) is 13.6. The smallest absolute Gasteiger partial charge is 0.259 e. The number of carbonyl (C=O) groups is 2. The number of hydrogen-bond donors (Lipinski definition) is 1. The van der Waals surface area contributed by atoms with Crippen LogP contribution >= 0.6 is 0 Å². The molecular weight excluding hydrogens is 392 g/mol. The molecule has 4 rings (SSSR count). The number of anilines is 1. The summed E-state index contributed by atoms with van der Waals surface area (Å²) in [5.41, 5.74) is 3.69. The third kappa shape index (κ3) is 4.21. The van der Waals surface area contributed by atoms with Gasteiger partial charge in [0.2, 0.25) is 11.3 Å². The number of likely N-dealkylation sites (tertiary alicyclic amines) is 1. The van der Waals surface area contributed by atoms with Gasteiger partial charge in [0.05, 0.1) is 5.39 Å². The molecule has 1 fully saturated rings. The minimum Gasteiger partial charge on any atom is -0.338 e. The summed E-state index contributed by atoms with van der Waals surface area (Å²) in [7, 11) is 0. The SMILES string of the molecule is Cc1ccc(NC(=O)Cn2cc(C(=O)N3CCCC3)c(=O)c3ccc(C)nc32)c(C)c1. The highest BCUT2D eigenvalue weighted by Gasteiger charge is 2.24. The average molecular weight is 418 g/mol. The van der Waals surface area contributed by atoms with Gasteiger partial charge in [0.25, 0.3) is 5.91 Å². The maximum absolute atomic E-state index is 13.0. The lowest BCUT2D eigenvalue weighted by atomic mass is 10.1. The molecule has 0 aliphatic carbocycles. The van der Waals surface area contributed by atoms with Gasteiger partial charge in [0.15, 0.2) is 0 Å². The fourth-order valence-corrected chi connectivity index (χ4v) is 4.02. The lowest BCUT2D eigenvalue weighted by molar-refractivity contribution is -0.116. The summed E-state index contributed by atoms with van der Waals surface area (Å²) in [6.45, 7) is 7.01. The molecule has 7 heteroatoms. The number of nitrogens with zero attached hydrogens (tertiary/aromatic N) is 3. The minimum absolute atomic E-state index is 0.0547. The maximum Gasteiger partial charge on any atom is 0.259 e. The van der Waals surface area contributed by atoms with Crippen molar-refractivity contribution in [2.75, 3.05) is 18.4 Å². The van der Waals surface area contributed by atoms with Crippen molar-refractivity contribution in [3.8, 4) is 0 Å². The van der Waals surface area contributed by atoms with E-state index in [1.807, 2.05) is 39.0 Å². The van der Waals surface area contributed by atoms with Gasteiger partial charge in [0, 0.05) is 30.7 Å². The molecule has 1 aliphatic heterocycles. The lowest BCUT2D eigenvalue weighted by Crippen LogP contribution is -2.33. The second-order valence-electron chi connectivity index (χ2n) is 8.19. The molecule has 1 aromatic carbocycles. The van der Waals surface area contributed by atoms with E-state index in [2.05, 4.69) is 10.3 Å². The van der Waals surface area contributed by atoms with Crippen molar-refractivity contribution in [1.82, 2.24) is 14.5 Å². The van der Waals surface area contributed by atoms with Crippen LogP contribution in [0, 0.1) is 20.8 Å². The molecule has 0 spiro atoms. The van der Waals surface area contributed by atoms with Crippen molar-refractivity contribution in [3.05, 3.63) is 69.1 Å².